The van der Waals surface area contributed by atoms with Gasteiger partial charge in [-0.1, -0.05) is 22.5 Å². The molecule has 0 aliphatic rings. The molecule has 0 saturated carbocycles. The molecule has 2 amide bonds. The number of amides is 2. The van der Waals surface area contributed by atoms with Gasteiger partial charge in [0.2, 0.25) is 0 Å². The van der Waals surface area contributed by atoms with E-state index in [0.717, 1.165) is 10.0 Å². The van der Waals surface area contributed by atoms with Crippen molar-refractivity contribution in [2.24, 2.45) is 0 Å². The first kappa shape index (κ1) is 14.3. The van der Waals surface area contributed by atoms with Gasteiger partial charge in [0, 0.05) is 29.6 Å². The van der Waals surface area contributed by atoms with Crippen LogP contribution in [-0.2, 0) is 6.54 Å². The smallest absolute Gasteiger partial charge is 0.315 e. The Morgan fingerprint density at radius 1 is 1.40 bits per heavy atom. The van der Waals surface area contributed by atoms with E-state index in [1.807, 2.05) is 24.4 Å². The van der Waals surface area contributed by atoms with Crippen molar-refractivity contribution in [2.45, 2.75) is 6.54 Å². The second kappa shape index (κ2) is 6.85. The second-order valence-electron chi connectivity index (χ2n) is 4.03. The predicted molar refractivity (Wildman–Crippen MR) is 79.7 cm³/mol. The summed E-state index contributed by atoms with van der Waals surface area (Å²) in [5.74, 6) is 0.712. The van der Waals surface area contributed by atoms with Gasteiger partial charge in [-0.15, -0.1) is 0 Å². The van der Waals surface area contributed by atoms with Gasteiger partial charge >= 0.3 is 6.03 Å². The van der Waals surface area contributed by atoms with Crippen LogP contribution >= 0.6 is 15.9 Å². The quantitative estimate of drug-likeness (QED) is 0.877. The monoisotopic (exact) mass is 335 g/mol. The van der Waals surface area contributed by atoms with Gasteiger partial charge in [-0.2, -0.15) is 5.10 Å². The summed E-state index contributed by atoms with van der Waals surface area (Å²) < 4.78 is 2.39. The number of carbonyl (C=O) groups excluding carboxylic acids is 1. The SMILES string of the molecule is C=C(Br)CNC(=O)NCc1ccnc(-n2cccn2)c1. The van der Waals surface area contributed by atoms with E-state index >= 15 is 0 Å². The molecule has 0 aromatic carbocycles. The number of carbonyl (C=O) groups is 1. The first-order chi connectivity index (χ1) is 9.65. The summed E-state index contributed by atoms with van der Waals surface area (Å²) in [6.45, 7) is 4.45. The van der Waals surface area contributed by atoms with E-state index in [2.05, 4.69) is 43.2 Å². The molecule has 0 radical (unpaired) electrons. The van der Waals surface area contributed by atoms with Crippen molar-refractivity contribution in [1.29, 1.82) is 0 Å². The Morgan fingerprint density at radius 2 is 2.25 bits per heavy atom. The van der Waals surface area contributed by atoms with Gasteiger partial charge in [-0.3, -0.25) is 0 Å². The molecule has 7 heteroatoms. The van der Waals surface area contributed by atoms with Crippen molar-refractivity contribution >= 4 is 22.0 Å². The average molecular weight is 336 g/mol. The second-order valence-corrected chi connectivity index (χ2v) is 5.15. The lowest BCUT2D eigenvalue weighted by Gasteiger charge is -2.08. The maximum atomic E-state index is 11.5. The lowest BCUT2D eigenvalue weighted by molar-refractivity contribution is 0.241. The summed E-state index contributed by atoms with van der Waals surface area (Å²) in [6.07, 6.45) is 5.19. The Kier molecular flexibility index (Phi) is 4.89. The Morgan fingerprint density at radius 3 is 2.95 bits per heavy atom. The molecule has 0 aliphatic heterocycles. The molecule has 2 N–H and O–H groups in total. The molecule has 0 fully saturated rings. The van der Waals surface area contributed by atoms with Crippen LogP contribution in [-0.4, -0.2) is 27.3 Å². The van der Waals surface area contributed by atoms with Crippen molar-refractivity contribution < 1.29 is 4.79 Å². The third-order valence-corrected chi connectivity index (χ3v) is 2.72. The highest BCUT2D eigenvalue weighted by atomic mass is 79.9. The zero-order chi connectivity index (χ0) is 14.4. The van der Waals surface area contributed by atoms with Crippen LogP contribution in [0.1, 0.15) is 5.56 Å². The molecule has 0 bridgehead atoms. The number of hydrogen-bond acceptors (Lipinski definition) is 3. The molecule has 0 aliphatic carbocycles. The lowest BCUT2D eigenvalue weighted by Crippen LogP contribution is -2.35. The van der Waals surface area contributed by atoms with Gasteiger partial charge in [0.05, 0.1) is 6.54 Å². The molecular formula is C13H14BrN5O. The fourth-order valence-corrected chi connectivity index (χ4v) is 1.66. The molecule has 0 spiro atoms. The van der Waals surface area contributed by atoms with Gasteiger partial charge in [0.1, 0.15) is 0 Å². The number of pyridine rings is 1. The topological polar surface area (TPSA) is 71.8 Å². The zero-order valence-electron chi connectivity index (χ0n) is 10.7. The van der Waals surface area contributed by atoms with Crippen LogP contribution in [0.4, 0.5) is 4.79 Å². The minimum atomic E-state index is -0.247. The summed E-state index contributed by atoms with van der Waals surface area (Å²) in [4.78, 5) is 15.7. The number of aromatic nitrogens is 3. The molecule has 104 valence electrons. The third-order valence-electron chi connectivity index (χ3n) is 2.44. The van der Waals surface area contributed by atoms with Gasteiger partial charge in [0.15, 0.2) is 5.82 Å². The zero-order valence-corrected chi connectivity index (χ0v) is 12.3. The molecule has 0 atom stereocenters. The van der Waals surface area contributed by atoms with Gasteiger partial charge in [0.25, 0.3) is 0 Å². The van der Waals surface area contributed by atoms with Crippen LogP contribution < -0.4 is 10.6 Å². The minimum Gasteiger partial charge on any atom is -0.334 e. The van der Waals surface area contributed by atoms with E-state index in [9.17, 15) is 4.79 Å². The maximum Gasteiger partial charge on any atom is 0.315 e. The Bertz CT molecular complexity index is 597. The van der Waals surface area contributed by atoms with E-state index in [4.69, 9.17) is 0 Å². The molecule has 0 saturated heterocycles. The van der Waals surface area contributed by atoms with Crippen LogP contribution in [0.2, 0.25) is 0 Å². The minimum absolute atomic E-state index is 0.247. The van der Waals surface area contributed by atoms with Gasteiger partial charge in [-0.05, 0) is 23.8 Å². The first-order valence-electron chi connectivity index (χ1n) is 5.95. The standard InChI is InChI=1S/C13H14BrN5O/c1-10(14)8-16-13(20)17-9-11-3-5-15-12(7-11)19-6-2-4-18-19/h2-7H,1,8-9H2,(H2,16,17,20). The maximum absolute atomic E-state index is 11.5. The Labute approximate surface area is 125 Å². The van der Waals surface area contributed by atoms with Gasteiger partial charge in [-0.25, -0.2) is 14.5 Å². The van der Waals surface area contributed by atoms with Gasteiger partial charge < -0.3 is 10.6 Å². The lowest BCUT2D eigenvalue weighted by atomic mass is 10.2. The van der Waals surface area contributed by atoms with E-state index < -0.39 is 0 Å². The molecule has 2 heterocycles. The number of nitrogens with one attached hydrogen (secondary N) is 2. The molecular weight excluding hydrogens is 322 g/mol. The average Bonchev–Trinajstić information content (AvgIpc) is 2.97. The fraction of sp³-hybridized carbons (Fsp3) is 0.154. The third kappa shape index (κ3) is 4.20. The van der Waals surface area contributed by atoms with Crippen LogP contribution in [0, 0.1) is 0 Å². The number of halogens is 1. The van der Waals surface area contributed by atoms with Crippen molar-refractivity contribution in [3.05, 3.63) is 53.4 Å². The summed E-state index contributed by atoms with van der Waals surface area (Å²) >= 11 is 3.18. The Balaban J connectivity index is 1.92. The summed E-state index contributed by atoms with van der Waals surface area (Å²) in [5, 5.41) is 9.53. The molecule has 6 nitrogen and oxygen atoms in total. The first-order valence-corrected chi connectivity index (χ1v) is 6.74. The highest BCUT2D eigenvalue weighted by molar-refractivity contribution is 9.11. The molecule has 0 unspecified atom stereocenters. The van der Waals surface area contributed by atoms with Crippen LogP contribution in [0.5, 0.6) is 0 Å². The highest BCUT2D eigenvalue weighted by Gasteiger charge is 2.03. The van der Waals surface area contributed by atoms with Crippen molar-refractivity contribution in [1.82, 2.24) is 25.4 Å². The van der Waals surface area contributed by atoms with Crippen molar-refractivity contribution in [2.75, 3.05) is 6.54 Å². The van der Waals surface area contributed by atoms with E-state index in [1.165, 1.54) is 0 Å². The molecule has 2 rings (SSSR count). The van der Waals surface area contributed by atoms with Crippen molar-refractivity contribution in [3.8, 4) is 5.82 Å². The Hall–Kier alpha value is -2.15. The number of rotatable bonds is 5. The van der Waals surface area contributed by atoms with Crippen LogP contribution in [0.25, 0.3) is 5.82 Å². The molecule has 2 aromatic rings. The van der Waals surface area contributed by atoms with Crippen LogP contribution in [0.3, 0.4) is 0 Å². The summed E-state index contributed by atoms with van der Waals surface area (Å²) in [6, 6.07) is 5.30. The summed E-state index contributed by atoms with van der Waals surface area (Å²) in [7, 11) is 0. The van der Waals surface area contributed by atoms with E-state index in [1.54, 1.807) is 17.1 Å². The number of nitrogens with zero attached hydrogens (tertiary/aromatic N) is 3. The predicted octanol–water partition coefficient (Wildman–Crippen LogP) is 1.98. The van der Waals surface area contributed by atoms with Crippen LogP contribution in [0.15, 0.2) is 47.9 Å². The fourth-order valence-electron chi connectivity index (χ4n) is 1.52. The summed E-state index contributed by atoms with van der Waals surface area (Å²) in [5.41, 5.74) is 0.943. The number of hydrogen-bond donors (Lipinski definition) is 2. The normalized spacial score (nSPS) is 10.1. The van der Waals surface area contributed by atoms with Crippen molar-refractivity contribution in [3.63, 3.8) is 0 Å². The van der Waals surface area contributed by atoms with E-state index in [0.29, 0.717) is 18.9 Å². The highest BCUT2D eigenvalue weighted by Crippen LogP contribution is 2.05. The van der Waals surface area contributed by atoms with E-state index in [-0.39, 0.29) is 6.03 Å². The largest absolute Gasteiger partial charge is 0.334 e. The molecule has 2 aromatic heterocycles. The molecule has 20 heavy (non-hydrogen) atoms. The number of urea groups is 1.